The highest BCUT2D eigenvalue weighted by Crippen LogP contribution is 2.19. The van der Waals surface area contributed by atoms with Crippen molar-refractivity contribution in [3.05, 3.63) is 12.2 Å². The van der Waals surface area contributed by atoms with Crippen LogP contribution in [0.2, 0.25) is 0 Å². The quantitative estimate of drug-likeness (QED) is 0.0818. The highest BCUT2D eigenvalue weighted by molar-refractivity contribution is 6.50. The first-order chi connectivity index (χ1) is 13.4. The van der Waals surface area contributed by atoms with Gasteiger partial charge in [-0.3, -0.25) is 4.79 Å². The van der Waals surface area contributed by atoms with Gasteiger partial charge in [-0.1, -0.05) is 77.7 Å². The van der Waals surface area contributed by atoms with Crippen LogP contribution in [-0.4, -0.2) is 44.2 Å². The molecular formula is C22H44BF4NO. The lowest BCUT2D eigenvalue weighted by Crippen LogP contribution is -2.52. The van der Waals surface area contributed by atoms with E-state index in [4.69, 9.17) is 0 Å². The fourth-order valence-corrected chi connectivity index (χ4v) is 3.30. The fraction of sp³-hybridized carbons (Fsp3) is 0.864. The third kappa shape index (κ3) is 20.2. The van der Waals surface area contributed by atoms with Crippen molar-refractivity contribution in [3.63, 3.8) is 0 Å². The molecule has 0 bridgehead atoms. The zero-order valence-electron chi connectivity index (χ0n) is 19.4. The first-order valence-corrected chi connectivity index (χ1v) is 11.3. The van der Waals surface area contributed by atoms with E-state index in [2.05, 4.69) is 34.5 Å². The van der Waals surface area contributed by atoms with Crippen LogP contribution in [0.15, 0.2) is 12.2 Å². The van der Waals surface area contributed by atoms with Crippen LogP contribution in [0, 0.1) is 0 Å². The van der Waals surface area contributed by atoms with Crippen LogP contribution in [0.1, 0.15) is 97.8 Å². The number of halogens is 4. The van der Waals surface area contributed by atoms with Crippen molar-refractivity contribution >= 4 is 13.0 Å². The van der Waals surface area contributed by atoms with Crippen LogP contribution < -0.4 is 0 Å². The smallest absolute Gasteiger partial charge is 0.418 e. The molecule has 0 saturated carbocycles. The number of quaternary nitrogens is 1. The molecular weight excluding hydrogens is 381 g/mol. The van der Waals surface area contributed by atoms with Crippen LogP contribution in [0.25, 0.3) is 0 Å². The largest absolute Gasteiger partial charge is 0.673 e. The average Bonchev–Trinajstić information content (AvgIpc) is 2.60. The Kier molecular flexibility index (Phi) is 17.7. The van der Waals surface area contributed by atoms with Gasteiger partial charge in [0.2, 0.25) is 5.78 Å². The predicted molar refractivity (Wildman–Crippen MR) is 118 cm³/mol. The Morgan fingerprint density at radius 1 is 0.828 bits per heavy atom. The Balaban J connectivity index is 0. The van der Waals surface area contributed by atoms with E-state index < -0.39 is 7.25 Å². The zero-order valence-corrected chi connectivity index (χ0v) is 19.4. The topological polar surface area (TPSA) is 17.1 Å². The molecule has 0 heterocycles. The third-order valence-electron chi connectivity index (χ3n) is 5.46. The van der Waals surface area contributed by atoms with Crippen molar-refractivity contribution < 1.29 is 26.5 Å². The molecule has 0 N–H and O–H groups in total. The number of Topliss-reactive ketones (excluding diaryl/α,β-unsaturated/α-hetero) is 1. The van der Waals surface area contributed by atoms with Gasteiger partial charge in [0, 0.05) is 6.42 Å². The summed E-state index contributed by atoms with van der Waals surface area (Å²) in [6, 6.07) is 0.0889. The highest BCUT2D eigenvalue weighted by atomic mass is 19.5. The molecule has 1 atom stereocenters. The molecule has 2 nitrogen and oxygen atoms in total. The molecule has 0 aliphatic heterocycles. The van der Waals surface area contributed by atoms with Gasteiger partial charge in [-0.25, -0.2) is 0 Å². The van der Waals surface area contributed by atoms with Crippen LogP contribution in [0.4, 0.5) is 17.3 Å². The predicted octanol–water partition coefficient (Wildman–Crippen LogP) is 7.60. The van der Waals surface area contributed by atoms with Crippen molar-refractivity contribution in [1.82, 2.24) is 0 Å². The van der Waals surface area contributed by atoms with Gasteiger partial charge in [0.25, 0.3) is 0 Å². The molecule has 0 aromatic rings. The Morgan fingerprint density at radius 3 is 1.48 bits per heavy atom. The van der Waals surface area contributed by atoms with Gasteiger partial charge in [0.1, 0.15) is 0 Å². The van der Waals surface area contributed by atoms with Crippen LogP contribution in [-0.2, 0) is 4.79 Å². The van der Waals surface area contributed by atoms with E-state index in [9.17, 15) is 22.1 Å². The number of carbonyl (C=O) groups excluding carboxylic acids is 1. The van der Waals surface area contributed by atoms with Crippen molar-refractivity contribution in [1.29, 1.82) is 0 Å². The molecule has 1 unspecified atom stereocenters. The Hall–Kier alpha value is -0.845. The second-order valence-corrected chi connectivity index (χ2v) is 8.57. The van der Waals surface area contributed by atoms with E-state index in [-0.39, 0.29) is 11.8 Å². The van der Waals surface area contributed by atoms with Gasteiger partial charge < -0.3 is 21.7 Å². The number of ketones is 1. The van der Waals surface area contributed by atoms with Crippen LogP contribution >= 0.6 is 0 Å². The third-order valence-corrected chi connectivity index (χ3v) is 5.46. The molecule has 29 heavy (non-hydrogen) atoms. The number of likely N-dealkylation sites (N-methyl/N-ethyl adjacent to an activating group) is 1. The number of nitrogens with zero attached hydrogens (tertiary/aromatic N) is 1. The first kappa shape index (κ1) is 30.3. The molecule has 0 radical (unpaired) electrons. The Bertz CT molecular complexity index is 433. The fourth-order valence-electron chi connectivity index (χ4n) is 3.30. The standard InChI is InChI=1S/C22H44NO.BF4/c1-7-9-10-11-12-13-14-15-16-17-18-19-21(22(24)20(3)4)23(5,6)8-2;2-1(3,4)5/h21H,3,7-19H2,1-2,4-6H3;/q+1;-1. The van der Waals surface area contributed by atoms with Crippen molar-refractivity contribution in [3.8, 4) is 0 Å². The maximum absolute atomic E-state index is 12.4. The number of carbonyl (C=O) groups is 1. The average molecular weight is 425 g/mol. The number of hydrogen-bond donors (Lipinski definition) is 0. The van der Waals surface area contributed by atoms with E-state index in [1.54, 1.807) is 0 Å². The highest BCUT2D eigenvalue weighted by Gasteiger charge is 2.32. The summed E-state index contributed by atoms with van der Waals surface area (Å²) >= 11 is 0. The summed E-state index contributed by atoms with van der Waals surface area (Å²) in [5.41, 5.74) is 0.711. The van der Waals surface area contributed by atoms with Crippen LogP contribution in [0.5, 0.6) is 0 Å². The minimum absolute atomic E-state index is 0.0889. The lowest BCUT2D eigenvalue weighted by atomic mass is 9.96. The van der Waals surface area contributed by atoms with Gasteiger partial charge >= 0.3 is 7.25 Å². The molecule has 0 amide bonds. The lowest BCUT2D eigenvalue weighted by Gasteiger charge is -2.36. The summed E-state index contributed by atoms with van der Waals surface area (Å²) in [6.45, 7) is 11.1. The van der Waals surface area contributed by atoms with Gasteiger partial charge in [-0.15, -0.1) is 0 Å². The molecule has 0 aliphatic rings. The molecule has 174 valence electrons. The SMILES string of the molecule is C=C(C)C(=O)C(CCCCCCCCCCCCC)[N+](C)(C)CC.F[B-](F)(F)F. The summed E-state index contributed by atoms with van der Waals surface area (Å²) in [5.74, 6) is 0.258. The maximum atomic E-state index is 12.4. The van der Waals surface area contributed by atoms with Gasteiger partial charge in [-0.2, -0.15) is 0 Å². The summed E-state index contributed by atoms with van der Waals surface area (Å²) in [4.78, 5) is 12.4. The monoisotopic (exact) mass is 425 g/mol. The molecule has 0 rings (SSSR count). The molecule has 0 aromatic carbocycles. The first-order valence-electron chi connectivity index (χ1n) is 11.3. The minimum Gasteiger partial charge on any atom is -0.418 e. The van der Waals surface area contributed by atoms with Gasteiger partial charge in [0.05, 0.1) is 20.6 Å². The Labute approximate surface area is 176 Å². The van der Waals surface area contributed by atoms with E-state index in [1.807, 2.05) is 6.92 Å². The molecule has 0 spiro atoms. The van der Waals surface area contributed by atoms with Gasteiger partial charge in [-0.05, 0) is 25.8 Å². The molecule has 0 fully saturated rings. The van der Waals surface area contributed by atoms with E-state index in [1.165, 1.54) is 70.6 Å². The summed E-state index contributed by atoms with van der Waals surface area (Å²) in [5, 5.41) is 0. The number of rotatable bonds is 16. The van der Waals surface area contributed by atoms with Crippen molar-refractivity contribution in [2.75, 3.05) is 20.6 Å². The summed E-state index contributed by atoms with van der Waals surface area (Å²) < 4.78 is 39.8. The Morgan fingerprint density at radius 2 is 1.17 bits per heavy atom. The number of hydrogen-bond acceptors (Lipinski definition) is 1. The van der Waals surface area contributed by atoms with Crippen molar-refractivity contribution in [2.24, 2.45) is 0 Å². The number of unbranched alkanes of at least 4 members (excludes halogenated alkanes) is 10. The molecule has 0 saturated heterocycles. The van der Waals surface area contributed by atoms with E-state index >= 15 is 0 Å². The normalized spacial score (nSPS) is 12.9. The summed E-state index contributed by atoms with van der Waals surface area (Å²) in [6.07, 6.45) is 15.9. The lowest BCUT2D eigenvalue weighted by molar-refractivity contribution is -0.904. The molecule has 7 heteroatoms. The maximum Gasteiger partial charge on any atom is 0.673 e. The van der Waals surface area contributed by atoms with Crippen LogP contribution in [0.3, 0.4) is 0 Å². The second kappa shape index (κ2) is 16.9. The van der Waals surface area contributed by atoms with Crippen molar-refractivity contribution in [2.45, 2.75) is 104 Å². The van der Waals surface area contributed by atoms with E-state index in [0.29, 0.717) is 5.57 Å². The van der Waals surface area contributed by atoms with Gasteiger partial charge in [0.15, 0.2) is 6.04 Å². The summed E-state index contributed by atoms with van der Waals surface area (Å²) in [7, 11) is -1.66. The molecule has 0 aliphatic carbocycles. The van der Waals surface area contributed by atoms with E-state index in [0.717, 1.165) is 17.4 Å². The minimum atomic E-state index is -6.00. The second-order valence-electron chi connectivity index (χ2n) is 8.57. The zero-order chi connectivity index (χ0) is 22.9. The molecule has 0 aromatic heterocycles.